The lowest BCUT2D eigenvalue weighted by atomic mass is 10.0. The lowest BCUT2D eigenvalue weighted by Gasteiger charge is -2.09. The van der Waals surface area contributed by atoms with Gasteiger partial charge >= 0.3 is 23.9 Å². The maximum absolute atomic E-state index is 13.0. The molecule has 10 nitrogen and oxygen atoms in total. The van der Waals surface area contributed by atoms with E-state index in [2.05, 4.69) is 25.7 Å². The Morgan fingerprint density at radius 2 is 0.615 bits per heavy atom. The molecule has 0 unspecified atom stereocenters. The van der Waals surface area contributed by atoms with Gasteiger partial charge in [0.2, 0.25) is 0 Å². The summed E-state index contributed by atoms with van der Waals surface area (Å²) in [4.78, 5) is 51.6. The van der Waals surface area contributed by atoms with Crippen LogP contribution in [0, 0.1) is 11.8 Å². The fraction of sp³-hybridized carbons (Fsp3) is 0.294. The van der Waals surface area contributed by atoms with Crippen LogP contribution in [0.2, 0.25) is 0 Å². The van der Waals surface area contributed by atoms with Crippen molar-refractivity contribution in [2.75, 3.05) is 13.2 Å². The standard InChI is InChI=1S/C68H70O10/c1-3-5-7-9-11-13-15-17-48-73-59-38-28-54(29-39-59)65(69)77-63-44-32-56(33-45-63)67(71)75-61-36-24-51(25-37-61)22-23-52-20-19-21-58(50-52)53-26-42-62(43-27-53)76-68(72)57-34-46-64(47-35-57)78-66(70)55-30-40-60(41-31-55)74-49-18-16-14-12-10-8-6-4-2/h19-21,24-47,50H,3-18,48-49H2,1-2H3. The predicted octanol–water partition coefficient (Wildman–Crippen LogP) is 16.7. The number of hydrogen-bond acceptors (Lipinski definition) is 10. The monoisotopic (exact) mass is 1050 g/mol. The molecule has 7 aromatic carbocycles. The van der Waals surface area contributed by atoms with Gasteiger partial charge in [-0.15, -0.1) is 0 Å². The van der Waals surface area contributed by atoms with Gasteiger partial charge in [0, 0.05) is 11.1 Å². The summed E-state index contributed by atoms with van der Waals surface area (Å²) in [6.45, 7) is 5.75. The van der Waals surface area contributed by atoms with Gasteiger partial charge in [0.15, 0.2) is 0 Å². The second-order valence-electron chi connectivity index (χ2n) is 19.2. The van der Waals surface area contributed by atoms with Crippen LogP contribution in [0.5, 0.6) is 34.5 Å². The number of hydrogen-bond donors (Lipinski definition) is 0. The van der Waals surface area contributed by atoms with Crippen LogP contribution in [-0.4, -0.2) is 37.1 Å². The molecular formula is C68H70O10. The third-order valence-electron chi connectivity index (χ3n) is 13.0. The summed E-state index contributed by atoms with van der Waals surface area (Å²) < 4.78 is 34.1. The van der Waals surface area contributed by atoms with E-state index in [0.29, 0.717) is 70.0 Å². The van der Waals surface area contributed by atoms with Crippen molar-refractivity contribution in [3.63, 3.8) is 0 Å². The maximum atomic E-state index is 13.0. The fourth-order valence-corrected chi connectivity index (χ4v) is 8.45. The van der Waals surface area contributed by atoms with E-state index in [1.54, 1.807) is 133 Å². The molecule has 0 aromatic heterocycles. The quantitative estimate of drug-likeness (QED) is 0.0194. The molecule has 0 bridgehead atoms. The minimum Gasteiger partial charge on any atom is -0.494 e. The van der Waals surface area contributed by atoms with Gasteiger partial charge in [-0.05, 0) is 170 Å². The van der Waals surface area contributed by atoms with Crippen molar-refractivity contribution < 1.29 is 47.6 Å². The van der Waals surface area contributed by atoms with E-state index in [0.717, 1.165) is 47.9 Å². The van der Waals surface area contributed by atoms with Crippen molar-refractivity contribution in [1.29, 1.82) is 0 Å². The van der Waals surface area contributed by atoms with E-state index >= 15 is 0 Å². The molecule has 7 rings (SSSR count). The largest absolute Gasteiger partial charge is 0.494 e. The zero-order valence-corrected chi connectivity index (χ0v) is 45.0. The van der Waals surface area contributed by atoms with E-state index in [4.69, 9.17) is 28.4 Å². The first-order valence-corrected chi connectivity index (χ1v) is 27.6. The number of ether oxygens (including phenoxy) is 6. The summed E-state index contributed by atoms with van der Waals surface area (Å²) in [6.07, 6.45) is 19.7. The lowest BCUT2D eigenvalue weighted by molar-refractivity contribution is 0.0720. The van der Waals surface area contributed by atoms with E-state index in [1.165, 1.54) is 77.0 Å². The molecule has 0 fully saturated rings. The number of rotatable bonds is 29. The molecular weight excluding hydrogens is 977 g/mol. The number of benzene rings is 7. The van der Waals surface area contributed by atoms with Gasteiger partial charge in [-0.1, -0.05) is 140 Å². The highest BCUT2D eigenvalue weighted by atomic mass is 16.5. The van der Waals surface area contributed by atoms with Crippen LogP contribution in [0.3, 0.4) is 0 Å². The van der Waals surface area contributed by atoms with Gasteiger partial charge in [0.1, 0.15) is 34.5 Å². The minimum atomic E-state index is -0.559. The average Bonchev–Trinajstić information content (AvgIpc) is 3.48. The Morgan fingerprint density at radius 3 is 0.987 bits per heavy atom. The summed E-state index contributed by atoms with van der Waals surface area (Å²) >= 11 is 0. The molecule has 0 aliphatic carbocycles. The summed E-state index contributed by atoms with van der Waals surface area (Å²) in [5.74, 6) is 6.99. The van der Waals surface area contributed by atoms with Crippen molar-refractivity contribution >= 4 is 23.9 Å². The minimum absolute atomic E-state index is 0.295. The van der Waals surface area contributed by atoms with Crippen LogP contribution in [-0.2, 0) is 0 Å². The molecule has 0 spiro atoms. The van der Waals surface area contributed by atoms with Crippen molar-refractivity contribution in [1.82, 2.24) is 0 Å². The molecule has 0 aliphatic heterocycles. The Hall–Kier alpha value is -8.42. The first-order chi connectivity index (χ1) is 38.2. The number of carbonyl (C=O) groups excluding carboxylic acids is 4. The Bertz CT molecular complexity index is 3020. The normalized spacial score (nSPS) is 10.7. The topological polar surface area (TPSA) is 124 Å². The Morgan fingerprint density at radius 1 is 0.308 bits per heavy atom. The van der Waals surface area contributed by atoms with Crippen LogP contribution in [0.1, 0.15) is 169 Å². The second-order valence-corrected chi connectivity index (χ2v) is 19.2. The van der Waals surface area contributed by atoms with Gasteiger partial charge < -0.3 is 28.4 Å². The zero-order valence-electron chi connectivity index (χ0n) is 45.0. The number of esters is 4. The molecule has 0 saturated heterocycles. The summed E-state index contributed by atoms with van der Waals surface area (Å²) in [5.41, 5.74) is 4.73. The molecule has 0 heterocycles. The van der Waals surface area contributed by atoms with E-state index < -0.39 is 23.9 Å². The first-order valence-electron chi connectivity index (χ1n) is 27.6. The van der Waals surface area contributed by atoms with Gasteiger partial charge in [0.05, 0.1) is 35.5 Å². The molecule has 0 radical (unpaired) electrons. The van der Waals surface area contributed by atoms with Crippen LogP contribution in [0.4, 0.5) is 0 Å². The van der Waals surface area contributed by atoms with Crippen LogP contribution >= 0.6 is 0 Å². The number of unbranched alkanes of at least 4 members (excludes halogenated alkanes) is 14. The Labute approximate surface area is 460 Å². The van der Waals surface area contributed by atoms with Crippen LogP contribution in [0.15, 0.2) is 170 Å². The summed E-state index contributed by atoms with van der Waals surface area (Å²) in [6, 6.07) is 48.1. The Kier molecular flexibility index (Phi) is 23.2. The van der Waals surface area contributed by atoms with Crippen LogP contribution < -0.4 is 28.4 Å². The number of carbonyl (C=O) groups is 4. The summed E-state index contributed by atoms with van der Waals surface area (Å²) in [7, 11) is 0. The molecule has 0 atom stereocenters. The van der Waals surface area contributed by atoms with Crippen molar-refractivity contribution in [2.24, 2.45) is 0 Å². The van der Waals surface area contributed by atoms with Crippen molar-refractivity contribution in [2.45, 2.75) is 117 Å². The highest BCUT2D eigenvalue weighted by Crippen LogP contribution is 2.26. The lowest BCUT2D eigenvalue weighted by Crippen LogP contribution is -2.10. The van der Waals surface area contributed by atoms with E-state index in [-0.39, 0.29) is 0 Å². The van der Waals surface area contributed by atoms with E-state index in [1.807, 2.05) is 36.4 Å². The fourth-order valence-electron chi connectivity index (χ4n) is 8.45. The third kappa shape index (κ3) is 19.3. The third-order valence-corrected chi connectivity index (χ3v) is 13.0. The second kappa shape index (κ2) is 31.6. The smallest absolute Gasteiger partial charge is 0.343 e. The highest BCUT2D eigenvalue weighted by Gasteiger charge is 2.15. The molecule has 78 heavy (non-hydrogen) atoms. The van der Waals surface area contributed by atoms with E-state index in [9.17, 15) is 19.2 Å². The van der Waals surface area contributed by atoms with Gasteiger partial charge in [-0.3, -0.25) is 0 Å². The molecule has 7 aromatic rings. The molecule has 0 amide bonds. The van der Waals surface area contributed by atoms with Gasteiger partial charge in [0.25, 0.3) is 0 Å². The van der Waals surface area contributed by atoms with Crippen molar-refractivity contribution in [3.05, 3.63) is 203 Å². The van der Waals surface area contributed by atoms with Gasteiger partial charge in [-0.25, -0.2) is 19.2 Å². The average molecular weight is 1050 g/mol. The first kappa shape index (κ1) is 57.3. The van der Waals surface area contributed by atoms with Crippen molar-refractivity contribution in [3.8, 4) is 57.5 Å². The molecule has 10 heteroatoms. The maximum Gasteiger partial charge on any atom is 0.343 e. The summed E-state index contributed by atoms with van der Waals surface area (Å²) in [5, 5.41) is 0. The molecule has 402 valence electrons. The van der Waals surface area contributed by atoms with Crippen LogP contribution in [0.25, 0.3) is 11.1 Å². The SMILES string of the molecule is CCCCCCCCCCOc1ccc(C(=O)Oc2ccc(C(=O)Oc3ccc(C#Cc4cccc(-c5ccc(OC(=O)c6ccc(OC(=O)c7ccc(OCCCCCCCCCC)cc7)cc6)cc5)c4)cc3)cc2)cc1. The molecule has 0 saturated carbocycles. The highest BCUT2D eigenvalue weighted by molar-refractivity contribution is 5.94. The molecule has 0 aliphatic rings. The predicted molar refractivity (Wildman–Crippen MR) is 306 cm³/mol. The van der Waals surface area contributed by atoms with Gasteiger partial charge in [-0.2, -0.15) is 0 Å². The zero-order chi connectivity index (χ0) is 54.6. The Balaban J connectivity index is 0.806. The molecule has 0 N–H and O–H groups in total.